The third-order valence-corrected chi connectivity index (χ3v) is 2.92. The van der Waals surface area contributed by atoms with Crippen molar-refractivity contribution in [2.75, 3.05) is 5.43 Å². The van der Waals surface area contributed by atoms with Gasteiger partial charge in [-0.05, 0) is 12.1 Å². The summed E-state index contributed by atoms with van der Waals surface area (Å²) in [6, 6.07) is 5.62. The second-order valence-corrected chi connectivity index (χ2v) is 5.89. The molecule has 0 radical (unpaired) electrons. The van der Waals surface area contributed by atoms with Crippen LogP contribution in [0.5, 0.6) is 11.6 Å². The number of rotatable bonds is 3. The first-order valence-electron chi connectivity index (χ1n) is 6.28. The number of nitrogen functional groups attached to an aromatic ring is 1. The summed E-state index contributed by atoms with van der Waals surface area (Å²) in [4.78, 5) is 8.62. The van der Waals surface area contributed by atoms with Crippen LogP contribution < -0.4 is 16.0 Å². The number of nitrogens with one attached hydrogen (secondary N) is 1. The zero-order valence-corrected chi connectivity index (χ0v) is 12.7. The van der Waals surface area contributed by atoms with E-state index in [1.54, 1.807) is 6.07 Å². The lowest BCUT2D eigenvalue weighted by Crippen LogP contribution is -2.19. The van der Waals surface area contributed by atoms with Gasteiger partial charge in [-0.3, -0.25) is 0 Å². The number of hydrogen-bond donors (Lipinski definition) is 2. The Bertz CT molecular complexity index is 658. The maximum absolute atomic E-state index is 13.1. The fourth-order valence-corrected chi connectivity index (χ4v) is 1.72. The molecule has 0 amide bonds. The van der Waals surface area contributed by atoms with Gasteiger partial charge in [-0.25, -0.2) is 15.2 Å². The highest BCUT2D eigenvalue weighted by Crippen LogP contribution is 2.28. The molecule has 0 aliphatic carbocycles. The van der Waals surface area contributed by atoms with Gasteiger partial charge in [-0.2, -0.15) is 4.98 Å². The second-order valence-electron chi connectivity index (χ2n) is 5.49. The molecular weight excluding hydrogens is 295 g/mol. The Hall–Kier alpha value is -1.92. The van der Waals surface area contributed by atoms with Crippen LogP contribution in [0.2, 0.25) is 5.02 Å². The average molecular weight is 311 g/mol. The van der Waals surface area contributed by atoms with Crippen LogP contribution in [0.3, 0.4) is 0 Å². The zero-order chi connectivity index (χ0) is 15.6. The Morgan fingerprint density at radius 3 is 2.52 bits per heavy atom. The van der Waals surface area contributed by atoms with Gasteiger partial charge in [-0.15, -0.1) is 0 Å². The summed E-state index contributed by atoms with van der Waals surface area (Å²) in [6.45, 7) is 5.92. The first-order chi connectivity index (χ1) is 9.79. The number of nitrogens with zero attached hydrogens (tertiary/aromatic N) is 2. The smallest absolute Gasteiger partial charge is 0.224 e. The van der Waals surface area contributed by atoms with Gasteiger partial charge >= 0.3 is 0 Å². The topological polar surface area (TPSA) is 73.1 Å². The summed E-state index contributed by atoms with van der Waals surface area (Å²) >= 11 is 5.72. The number of anilines is 1. The van der Waals surface area contributed by atoms with Gasteiger partial charge in [-0.1, -0.05) is 32.4 Å². The van der Waals surface area contributed by atoms with Gasteiger partial charge in [0.25, 0.3) is 0 Å². The molecule has 0 aliphatic rings. The third-order valence-electron chi connectivity index (χ3n) is 2.63. The van der Waals surface area contributed by atoms with E-state index < -0.39 is 5.82 Å². The fraction of sp³-hybridized carbons (Fsp3) is 0.286. The normalized spacial score (nSPS) is 11.3. The van der Waals surface area contributed by atoms with Crippen molar-refractivity contribution in [1.29, 1.82) is 0 Å². The molecule has 112 valence electrons. The van der Waals surface area contributed by atoms with Crippen molar-refractivity contribution in [3.8, 4) is 11.6 Å². The Morgan fingerprint density at radius 2 is 1.95 bits per heavy atom. The van der Waals surface area contributed by atoms with E-state index in [4.69, 9.17) is 22.2 Å². The van der Waals surface area contributed by atoms with Crippen molar-refractivity contribution in [2.45, 2.75) is 26.2 Å². The Morgan fingerprint density at radius 1 is 1.24 bits per heavy atom. The number of ether oxygens (including phenoxy) is 1. The molecule has 5 nitrogen and oxygen atoms in total. The summed E-state index contributed by atoms with van der Waals surface area (Å²) in [7, 11) is 0. The summed E-state index contributed by atoms with van der Waals surface area (Å²) < 4.78 is 18.7. The second kappa shape index (κ2) is 5.83. The van der Waals surface area contributed by atoms with Crippen LogP contribution in [0, 0.1) is 5.82 Å². The van der Waals surface area contributed by atoms with E-state index in [9.17, 15) is 4.39 Å². The van der Waals surface area contributed by atoms with E-state index in [2.05, 4.69) is 15.4 Å². The maximum atomic E-state index is 13.1. The van der Waals surface area contributed by atoms with Gasteiger partial charge in [0, 0.05) is 17.5 Å². The molecule has 3 N–H and O–H groups in total. The van der Waals surface area contributed by atoms with E-state index in [-0.39, 0.29) is 10.4 Å². The molecule has 1 aromatic heterocycles. The SMILES string of the molecule is CC(C)(C)c1nc(NN)cc(Oc2ccc(F)c(Cl)c2)n1. The number of hydrazine groups is 1. The van der Waals surface area contributed by atoms with E-state index in [1.165, 1.54) is 18.2 Å². The van der Waals surface area contributed by atoms with Crippen LogP contribution >= 0.6 is 11.6 Å². The molecule has 21 heavy (non-hydrogen) atoms. The highest BCUT2D eigenvalue weighted by Gasteiger charge is 2.19. The number of halogens is 2. The average Bonchev–Trinajstić information content (AvgIpc) is 2.41. The molecule has 7 heteroatoms. The van der Waals surface area contributed by atoms with Gasteiger partial charge < -0.3 is 10.2 Å². The van der Waals surface area contributed by atoms with Gasteiger partial charge in [0.1, 0.15) is 23.2 Å². The van der Waals surface area contributed by atoms with Crippen LogP contribution in [0.1, 0.15) is 26.6 Å². The molecule has 2 aromatic rings. The van der Waals surface area contributed by atoms with E-state index in [0.717, 1.165) is 0 Å². The van der Waals surface area contributed by atoms with Crippen LogP contribution in [-0.2, 0) is 5.41 Å². The minimum absolute atomic E-state index is 0.0187. The Kier molecular flexibility index (Phi) is 4.29. The van der Waals surface area contributed by atoms with Crippen LogP contribution in [-0.4, -0.2) is 9.97 Å². The first-order valence-corrected chi connectivity index (χ1v) is 6.66. The fourth-order valence-electron chi connectivity index (χ4n) is 1.55. The lowest BCUT2D eigenvalue weighted by atomic mass is 9.96. The highest BCUT2D eigenvalue weighted by molar-refractivity contribution is 6.30. The van der Waals surface area contributed by atoms with E-state index >= 15 is 0 Å². The van der Waals surface area contributed by atoms with Crippen LogP contribution in [0.15, 0.2) is 24.3 Å². The summed E-state index contributed by atoms with van der Waals surface area (Å²) in [5.74, 6) is 6.57. The number of nitrogens with two attached hydrogens (primary N) is 1. The largest absolute Gasteiger partial charge is 0.439 e. The summed E-state index contributed by atoms with van der Waals surface area (Å²) in [5.41, 5.74) is 2.20. The minimum atomic E-state index is -0.508. The predicted octanol–water partition coefficient (Wildman–Crippen LogP) is 3.64. The maximum Gasteiger partial charge on any atom is 0.224 e. The van der Waals surface area contributed by atoms with Gasteiger partial charge in [0.2, 0.25) is 5.88 Å². The number of aromatic nitrogens is 2. The standard InChI is InChI=1S/C14H16ClFN4O/c1-14(2,3)13-18-11(20-17)7-12(19-13)21-8-4-5-10(16)9(15)6-8/h4-7H,17H2,1-3H3,(H,18,19,20). The Labute approximate surface area is 127 Å². The van der Waals surface area contributed by atoms with E-state index in [0.29, 0.717) is 23.3 Å². The molecule has 0 fully saturated rings. The molecule has 1 aromatic carbocycles. The molecule has 0 aliphatic heterocycles. The van der Waals surface area contributed by atoms with Gasteiger partial charge in [0.15, 0.2) is 0 Å². The lowest BCUT2D eigenvalue weighted by molar-refractivity contribution is 0.445. The van der Waals surface area contributed by atoms with Crippen molar-refractivity contribution < 1.29 is 9.13 Å². The van der Waals surface area contributed by atoms with Crippen molar-refractivity contribution >= 4 is 17.4 Å². The Balaban J connectivity index is 2.36. The molecule has 0 spiro atoms. The van der Waals surface area contributed by atoms with E-state index in [1.807, 2.05) is 20.8 Å². The molecule has 0 bridgehead atoms. The molecule has 1 heterocycles. The molecular formula is C14H16ClFN4O. The monoisotopic (exact) mass is 310 g/mol. The minimum Gasteiger partial charge on any atom is -0.439 e. The van der Waals surface area contributed by atoms with Crippen molar-refractivity contribution in [3.05, 3.63) is 40.9 Å². The van der Waals surface area contributed by atoms with Gasteiger partial charge in [0.05, 0.1) is 5.02 Å². The zero-order valence-electron chi connectivity index (χ0n) is 11.9. The first kappa shape index (κ1) is 15.5. The highest BCUT2D eigenvalue weighted by atomic mass is 35.5. The van der Waals surface area contributed by atoms with Crippen molar-refractivity contribution in [3.63, 3.8) is 0 Å². The van der Waals surface area contributed by atoms with Crippen molar-refractivity contribution in [2.24, 2.45) is 5.84 Å². The molecule has 0 saturated carbocycles. The lowest BCUT2D eigenvalue weighted by Gasteiger charge is -2.18. The van der Waals surface area contributed by atoms with Crippen LogP contribution in [0.4, 0.5) is 10.2 Å². The van der Waals surface area contributed by atoms with Crippen LogP contribution in [0.25, 0.3) is 0 Å². The molecule has 0 atom stereocenters. The number of hydrogen-bond acceptors (Lipinski definition) is 5. The number of benzene rings is 1. The summed E-state index contributed by atoms with van der Waals surface area (Å²) in [5, 5.41) is -0.0187. The molecule has 0 unspecified atom stereocenters. The van der Waals surface area contributed by atoms with Crippen molar-refractivity contribution in [1.82, 2.24) is 9.97 Å². The quantitative estimate of drug-likeness (QED) is 0.669. The predicted molar refractivity (Wildman–Crippen MR) is 80.0 cm³/mol. The third kappa shape index (κ3) is 3.80. The summed E-state index contributed by atoms with van der Waals surface area (Å²) in [6.07, 6.45) is 0. The molecule has 2 rings (SSSR count). The molecule has 0 saturated heterocycles.